The maximum Gasteiger partial charge on any atom is 0.524 e. The van der Waals surface area contributed by atoms with Crippen molar-refractivity contribution in [2.45, 2.75) is 52.0 Å². The van der Waals surface area contributed by atoms with Gasteiger partial charge in [0.15, 0.2) is 5.82 Å². The smallest absolute Gasteiger partial charge is 0.404 e. The van der Waals surface area contributed by atoms with Crippen LogP contribution >= 0.6 is 15.6 Å². The van der Waals surface area contributed by atoms with E-state index in [9.17, 15) is 28.7 Å². The molecule has 0 aliphatic heterocycles. The van der Waals surface area contributed by atoms with Gasteiger partial charge in [0.25, 0.3) is 0 Å². The van der Waals surface area contributed by atoms with Crippen molar-refractivity contribution in [3.05, 3.63) is 53.3 Å². The Balaban J connectivity index is 1.79. The molecule has 0 unspecified atom stereocenters. The van der Waals surface area contributed by atoms with E-state index in [-0.39, 0.29) is 29.4 Å². The summed E-state index contributed by atoms with van der Waals surface area (Å²) in [6.07, 6.45) is 4.67. The minimum Gasteiger partial charge on any atom is -0.404 e. The van der Waals surface area contributed by atoms with Crippen molar-refractivity contribution < 1.29 is 42.5 Å². The van der Waals surface area contributed by atoms with E-state index < -0.39 is 15.6 Å². The Bertz CT molecular complexity index is 1670. The van der Waals surface area contributed by atoms with Gasteiger partial charge in [-0.2, -0.15) is 0 Å². The zero-order chi connectivity index (χ0) is 31.2. The lowest BCUT2D eigenvalue weighted by atomic mass is 10.1. The van der Waals surface area contributed by atoms with Gasteiger partial charge in [0.2, 0.25) is 0 Å². The van der Waals surface area contributed by atoms with Crippen LogP contribution in [0.4, 0.5) is 5.82 Å². The Morgan fingerprint density at radius 3 is 2.35 bits per heavy atom. The van der Waals surface area contributed by atoms with Crippen LogP contribution in [0.15, 0.2) is 36.4 Å². The van der Waals surface area contributed by atoms with E-state index in [0.29, 0.717) is 48.6 Å². The van der Waals surface area contributed by atoms with Gasteiger partial charge in [-0.05, 0) is 62.1 Å². The number of benzene rings is 2. The highest BCUT2D eigenvalue weighted by Crippen LogP contribution is 2.43. The van der Waals surface area contributed by atoms with E-state index in [1.54, 1.807) is 0 Å². The predicted molar refractivity (Wildman–Crippen MR) is 162 cm³/mol. The first-order chi connectivity index (χ1) is 20.4. The summed E-state index contributed by atoms with van der Waals surface area (Å²) in [7, 11) is -9.88. The number of aryl methyl sites for hydroxylation is 2. The van der Waals surface area contributed by atoms with Crippen LogP contribution in [0.5, 0.6) is 11.5 Å². The van der Waals surface area contributed by atoms with Gasteiger partial charge in [0, 0.05) is 30.6 Å². The summed E-state index contributed by atoms with van der Waals surface area (Å²) in [6, 6.07) is 9.51. The SMILES string of the molecule is CCCCc1nc2c(N)nc3cc(CCCOCCCN)ccc3c2n1Cc1cc(OP(=O)(O)O)ccc1OP(=O)(O)O. The maximum atomic E-state index is 11.7. The average molecular weight is 638 g/mol. The molecule has 234 valence electrons. The van der Waals surface area contributed by atoms with Crippen LogP contribution in [0.25, 0.3) is 21.9 Å². The van der Waals surface area contributed by atoms with Gasteiger partial charge < -0.3 is 29.8 Å². The molecule has 16 heteroatoms. The Morgan fingerprint density at radius 1 is 0.907 bits per heavy atom. The molecule has 0 saturated heterocycles. The topological polar surface area (TPSA) is 225 Å². The van der Waals surface area contributed by atoms with Crippen LogP contribution in [0, 0.1) is 0 Å². The Kier molecular flexibility index (Phi) is 10.8. The second kappa shape index (κ2) is 14.1. The number of ether oxygens (including phenoxy) is 1. The fourth-order valence-electron chi connectivity index (χ4n) is 4.78. The van der Waals surface area contributed by atoms with E-state index in [0.717, 1.165) is 49.1 Å². The normalized spacial score (nSPS) is 12.3. The molecule has 0 atom stereocenters. The molecule has 0 bridgehead atoms. The van der Waals surface area contributed by atoms with Crippen LogP contribution in [0.3, 0.4) is 0 Å². The monoisotopic (exact) mass is 637 g/mol. The Morgan fingerprint density at radius 2 is 1.65 bits per heavy atom. The Labute approximate surface area is 248 Å². The van der Waals surface area contributed by atoms with Gasteiger partial charge >= 0.3 is 15.6 Å². The lowest BCUT2D eigenvalue weighted by molar-refractivity contribution is 0.131. The number of hydrogen-bond donors (Lipinski definition) is 6. The molecule has 4 rings (SSSR count). The summed E-state index contributed by atoms with van der Waals surface area (Å²) >= 11 is 0. The molecule has 8 N–H and O–H groups in total. The molecule has 0 radical (unpaired) electrons. The summed E-state index contributed by atoms with van der Waals surface area (Å²) in [6.45, 7) is 3.85. The zero-order valence-electron chi connectivity index (χ0n) is 23.8. The molecule has 4 aromatic rings. The fourth-order valence-corrected chi connectivity index (χ4v) is 5.60. The quantitative estimate of drug-likeness (QED) is 0.0760. The molecule has 0 spiro atoms. The standard InChI is InChI=1S/C27H37N5O9P2/c1-2-3-7-24-31-25-26(21-10-8-18(15-22(21)30-27(25)29)6-4-13-39-14-5-12-28)32(24)17-19-16-20(40-42(33,34)35)9-11-23(19)41-43(36,37)38/h8-11,15-16H,2-7,12-14,17,28H2,1H3,(H2,29,30)(H2,33,34,35)(H2,36,37,38). The third kappa shape index (κ3) is 8.98. The number of rotatable bonds is 16. The number of pyridine rings is 1. The molecule has 0 saturated carbocycles. The van der Waals surface area contributed by atoms with Crippen LogP contribution in [-0.4, -0.2) is 53.9 Å². The first-order valence-corrected chi connectivity index (χ1v) is 16.9. The molecule has 2 heterocycles. The summed E-state index contributed by atoms with van der Waals surface area (Å²) in [5.74, 6) is 0.493. The fraction of sp³-hybridized carbons (Fsp3) is 0.407. The molecule has 2 aromatic carbocycles. The number of phosphoric acid groups is 2. The van der Waals surface area contributed by atoms with Gasteiger partial charge in [0.05, 0.1) is 17.6 Å². The molecular weight excluding hydrogens is 600 g/mol. The zero-order valence-corrected chi connectivity index (χ0v) is 25.5. The molecule has 2 aromatic heterocycles. The van der Waals surface area contributed by atoms with Gasteiger partial charge in [-0.25, -0.2) is 19.1 Å². The maximum absolute atomic E-state index is 11.7. The number of nitrogens with two attached hydrogens (primary N) is 2. The summed E-state index contributed by atoms with van der Waals surface area (Å²) in [5, 5.41) is 0.766. The van der Waals surface area contributed by atoms with Gasteiger partial charge in [-0.3, -0.25) is 19.6 Å². The first kappa shape index (κ1) is 32.8. The largest absolute Gasteiger partial charge is 0.524 e. The van der Waals surface area contributed by atoms with Crippen molar-refractivity contribution in [1.82, 2.24) is 14.5 Å². The van der Waals surface area contributed by atoms with Gasteiger partial charge in [0.1, 0.15) is 22.8 Å². The van der Waals surface area contributed by atoms with Crippen LogP contribution in [0.1, 0.15) is 49.6 Å². The van der Waals surface area contributed by atoms with E-state index in [1.807, 2.05) is 29.7 Å². The molecule has 0 amide bonds. The number of phosphoric ester groups is 2. The number of nitrogens with zero attached hydrogens (tertiary/aromatic N) is 3. The molecule has 0 aliphatic carbocycles. The summed E-state index contributed by atoms with van der Waals surface area (Å²) in [5.41, 5.74) is 14.9. The number of hydrogen-bond acceptors (Lipinski definition) is 9. The average Bonchev–Trinajstić information content (AvgIpc) is 3.28. The van der Waals surface area contributed by atoms with Crippen molar-refractivity contribution in [1.29, 1.82) is 0 Å². The van der Waals surface area contributed by atoms with E-state index in [1.165, 1.54) is 12.1 Å². The second-order valence-electron chi connectivity index (χ2n) is 10.1. The lowest BCUT2D eigenvalue weighted by Gasteiger charge is -2.17. The third-order valence-corrected chi connectivity index (χ3v) is 7.53. The van der Waals surface area contributed by atoms with Gasteiger partial charge in [-0.1, -0.05) is 25.5 Å². The lowest BCUT2D eigenvalue weighted by Crippen LogP contribution is -2.08. The number of anilines is 1. The van der Waals surface area contributed by atoms with E-state index >= 15 is 0 Å². The third-order valence-electron chi connectivity index (χ3n) is 6.65. The molecular formula is C27H37N5O9P2. The number of nitrogen functional groups attached to an aromatic ring is 1. The van der Waals surface area contributed by atoms with E-state index in [4.69, 9.17) is 30.2 Å². The number of fused-ring (bicyclic) bond motifs is 3. The molecule has 43 heavy (non-hydrogen) atoms. The van der Waals surface area contributed by atoms with Crippen molar-refractivity contribution in [3.8, 4) is 11.5 Å². The number of aromatic nitrogens is 3. The number of unbranched alkanes of at least 4 members (excludes halogenated alkanes) is 1. The Hall–Kier alpha value is -3.06. The summed E-state index contributed by atoms with van der Waals surface area (Å²) in [4.78, 5) is 47.1. The van der Waals surface area contributed by atoms with Crippen molar-refractivity contribution in [2.24, 2.45) is 5.73 Å². The highest BCUT2D eigenvalue weighted by Gasteiger charge is 2.24. The highest BCUT2D eigenvalue weighted by atomic mass is 31.2. The summed E-state index contributed by atoms with van der Waals surface area (Å²) < 4.78 is 40.4. The second-order valence-corrected chi connectivity index (χ2v) is 12.4. The van der Waals surface area contributed by atoms with Crippen molar-refractivity contribution in [3.63, 3.8) is 0 Å². The molecule has 0 aliphatic rings. The first-order valence-electron chi connectivity index (χ1n) is 13.9. The van der Waals surface area contributed by atoms with Gasteiger partial charge in [-0.15, -0.1) is 0 Å². The minimum absolute atomic E-state index is 0.0241. The van der Waals surface area contributed by atoms with E-state index in [2.05, 4.69) is 4.98 Å². The molecule has 0 fully saturated rings. The minimum atomic E-state index is -4.97. The van der Waals surface area contributed by atoms with Crippen LogP contribution in [0.2, 0.25) is 0 Å². The van der Waals surface area contributed by atoms with Crippen molar-refractivity contribution in [2.75, 3.05) is 25.5 Å². The van der Waals surface area contributed by atoms with Crippen LogP contribution < -0.4 is 20.5 Å². The van der Waals surface area contributed by atoms with Crippen molar-refractivity contribution >= 4 is 43.4 Å². The molecule has 14 nitrogen and oxygen atoms in total. The number of imidazole rings is 1. The van der Waals surface area contributed by atoms with Crippen LogP contribution in [-0.2, 0) is 33.3 Å². The highest BCUT2D eigenvalue weighted by molar-refractivity contribution is 7.47. The predicted octanol–water partition coefficient (Wildman–Crippen LogP) is 3.80.